The lowest BCUT2D eigenvalue weighted by Gasteiger charge is -2.41. The van der Waals surface area contributed by atoms with Crippen molar-refractivity contribution < 1.29 is 0 Å². The lowest BCUT2D eigenvalue weighted by molar-refractivity contribution is 0.150. The van der Waals surface area contributed by atoms with Crippen LogP contribution in [0.4, 0.5) is 5.69 Å². The summed E-state index contributed by atoms with van der Waals surface area (Å²) >= 11 is 0. The molecule has 0 aliphatic carbocycles. The van der Waals surface area contributed by atoms with Crippen LogP contribution in [0.5, 0.6) is 0 Å². The predicted molar refractivity (Wildman–Crippen MR) is 85.6 cm³/mol. The molecule has 0 unspecified atom stereocenters. The Morgan fingerprint density at radius 1 is 0.950 bits per heavy atom. The zero-order valence-electron chi connectivity index (χ0n) is 12.9. The van der Waals surface area contributed by atoms with E-state index in [1.54, 1.807) is 0 Å². The van der Waals surface area contributed by atoms with E-state index in [4.69, 9.17) is 0 Å². The molecule has 0 bridgehead atoms. The first-order chi connectivity index (χ1) is 9.74. The lowest BCUT2D eigenvalue weighted by Crippen LogP contribution is -2.52. The van der Waals surface area contributed by atoms with Crippen molar-refractivity contribution in [2.75, 3.05) is 44.2 Å². The Morgan fingerprint density at radius 3 is 2.30 bits per heavy atom. The highest BCUT2D eigenvalue weighted by Crippen LogP contribution is 2.24. The largest absolute Gasteiger partial charge is 0.371 e. The molecule has 0 saturated carbocycles. The maximum atomic E-state index is 3.45. The molecule has 2 saturated heterocycles. The molecule has 0 atom stereocenters. The average Bonchev–Trinajstić information content (AvgIpc) is 2.51. The van der Waals surface area contributed by atoms with Crippen molar-refractivity contribution in [3.63, 3.8) is 0 Å². The Labute approximate surface area is 123 Å². The van der Waals surface area contributed by atoms with Crippen LogP contribution in [-0.2, 0) is 0 Å². The molecule has 3 rings (SSSR count). The molecule has 2 aliphatic rings. The molecule has 0 radical (unpaired) electrons. The second-order valence-corrected chi connectivity index (χ2v) is 6.27. The van der Waals surface area contributed by atoms with E-state index >= 15 is 0 Å². The Morgan fingerprint density at radius 2 is 1.65 bits per heavy atom. The first kappa shape index (κ1) is 13.9. The zero-order chi connectivity index (χ0) is 13.9. The van der Waals surface area contributed by atoms with E-state index < -0.39 is 0 Å². The standard InChI is InChI=1S/C17H27N3/c1-14-3-4-17(13-15(14)2)19-9-5-16(6-10-19)20-11-7-18-8-12-20/h3-4,13,16,18H,5-12H2,1-2H3. The number of rotatable bonds is 2. The first-order valence-corrected chi connectivity index (χ1v) is 8.01. The van der Waals surface area contributed by atoms with E-state index in [1.165, 1.54) is 55.8 Å². The third-order valence-corrected chi connectivity index (χ3v) is 4.99. The normalized spacial score (nSPS) is 22.2. The monoisotopic (exact) mass is 273 g/mol. The van der Waals surface area contributed by atoms with Crippen molar-refractivity contribution in [3.05, 3.63) is 29.3 Å². The number of anilines is 1. The third-order valence-electron chi connectivity index (χ3n) is 4.99. The molecule has 1 N–H and O–H groups in total. The smallest absolute Gasteiger partial charge is 0.0369 e. The van der Waals surface area contributed by atoms with Gasteiger partial charge in [-0.2, -0.15) is 0 Å². The van der Waals surface area contributed by atoms with Gasteiger partial charge >= 0.3 is 0 Å². The second-order valence-electron chi connectivity index (χ2n) is 6.27. The predicted octanol–water partition coefficient (Wildman–Crippen LogP) is 2.18. The molecular formula is C17H27N3. The minimum Gasteiger partial charge on any atom is -0.371 e. The van der Waals surface area contributed by atoms with Gasteiger partial charge in [0.25, 0.3) is 0 Å². The SMILES string of the molecule is Cc1ccc(N2CCC(N3CCNCC3)CC2)cc1C. The van der Waals surface area contributed by atoms with Gasteiger partial charge in [-0.05, 0) is 49.9 Å². The zero-order valence-corrected chi connectivity index (χ0v) is 12.9. The fourth-order valence-electron chi connectivity index (χ4n) is 3.46. The van der Waals surface area contributed by atoms with E-state index in [0.29, 0.717) is 0 Å². The number of hydrogen-bond donors (Lipinski definition) is 1. The fourth-order valence-corrected chi connectivity index (χ4v) is 3.46. The maximum Gasteiger partial charge on any atom is 0.0369 e. The summed E-state index contributed by atoms with van der Waals surface area (Å²) in [5.74, 6) is 0. The molecule has 1 aromatic carbocycles. The van der Waals surface area contributed by atoms with Gasteiger partial charge in [0.1, 0.15) is 0 Å². The molecule has 2 fully saturated rings. The van der Waals surface area contributed by atoms with Gasteiger partial charge in [-0.3, -0.25) is 4.90 Å². The molecular weight excluding hydrogens is 246 g/mol. The van der Waals surface area contributed by atoms with Crippen LogP contribution in [0.1, 0.15) is 24.0 Å². The summed E-state index contributed by atoms with van der Waals surface area (Å²) in [5.41, 5.74) is 4.21. The topological polar surface area (TPSA) is 18.5 Å². The van der Waals surface area contributed by atoms with Crippen molar-refractivity contribution in [1.82, 2.24) is 10.2 Å². The van der Waals surface area contributed by atoms with Crippen LogP contribution in [0.3, 0.4) is 0 Å². The molecule has 0 amide bonds. The lowest BCUT2D eigenvalue weighted by atomic mass is 10.0. The molecule has 2 heterocycles. The van der Waals surface area contributed by atoms with Gasteiger partial charge in [-0.15, -0.1) is 0 Å². The molecule has 2 aliphatic heterocycles. The van der Waals surface area contributed by atoms with E-state index in [9.17, 15) is 0 Å². The summed E-state index contributed by atoms with van der Waals surface area (Å²) in [4.78, 5) is 5.25. The van der Waals surface area contributed by atoms with E-state index in [0.717, 1.165) is 19.1 Å². The highest BCUT2D eigenvalue weighted by Gasteiger charge is 2.25. The summed E-state index contributed by atoms with van der Waals surface area (Å²) in [5, 5.41) is 3.45. The maximum absolute atomic E-state index is 3.45. The van der Waals surface area contributed by atoms with Crippen LogP contribution in [0.15, 0.2) is 18.2 Å². The van der Waals surface area contributed by atoms with Crippen molar-refractivity contribution in [2.24, 2.45) is 0 Å². The van der Waals surface area contributed by atoms with Gasteiger partial charge in [0.15, 0.2) is 0 Å². The quantitative estimate of drug-likeness (QED) is 0.891. The minimum absolute atomic E-state index is 0.805. The van der Waals surface area contributed by atoms with Crippen LogP contribution >= 0.6 is 0 Å². The number of nitrogens with zero attached hydrogens (tertiary/aromatic N) is 2. The molecule has 3 nitrogen and oxygen atoms in total. The Balaban J connectivity index is 1.58. The fraction of sp³-hybridized carbons (Fsp3) is 0.647. The van der Waals surface area contributed by atoms with Gasteiger partial charge in [-0.1, -0.05) is 6.07 Å². The van der Waals surface area contributed by atoms with E-state index in [1.807, 2.05) is 0 Å². The number of piperidine rings is 1. The molecule has 0 aromatic heterocycles. The van der Waals surface area contributed by atoms with Crippen molar-refractivity contribution >= 4 is 5.69 Å². The molecule has 1 aromatic rings. The van der Waals surface area contributed by atoms with Gasteiger partial charge in [0.2, 0.25) is 0 Å². The van der Waals surface area contributed by atoms with Gasteiger partial charge in [0.05, 0.1) is 0 Å². The number of hydrogen-bond acceptors (Lipinski definition) is 3. The van der Waals surface area contributed by atoms with Crippen molar-refractivity contribution in [2.45, 2.75) is 32.7 Å². The third kappa shape index (κ3) is 2.99. The van der Waals surface area contributed by atoms with Crippen molar-refractivity contribution in [1.29, 1.82) is 0 Å². The summed E-state index contributed by atoms with van der Waals surface area (Å²) < 4.78 is 0. The molecule has 20 heavy (non-hydrogen) atoms. The van der Waals surface area contributed by atoms with Crippen LogP contribution in [-0.4, -0.2) is 50.2 Å². The average molecular weight is 273 g/mol. The van der Waals surface area contributed by atoms with Crippen LogP contribution in [0, 0.1) is 13.8 Å². The summed E-state index contributed by atoms with van der Waals surface area (Å²) in [7, 11) is 0. The summed E-state index contributed by atoms with van der Waals surface area (Å²) in [6.07, 6.45) is 2.62. The number of nitrogens with one attached hydrogen (secondary N) is 1. The van der Waals surface area contributed by atoms with Gasteiger partial charge < -0.3 is 10.2 Å². The second kappa shape index (κ2) is 6.15. The van der Waals surface area contributed by atoms with Gasteiger partial charge in [-0.25, -0.2) is 0 Å². The summed E-state index contributed by atoms with van der Waals surface area (Å²) in [6, 6.07) is 7.70. The Kier molecular flexibility index (Phi) is 4.27. The Hall–Kier alpha value is -1.06. The summed E-state index contributed by atoms with van der Waals surface area (Å²) in [6.45, 7) is 11.6. The van der Waals surface area contributed by atoms with Crippen LogP contribution in [0.25, 0.3) is 0 Å². The first-order valence-electron chi connectivity index (χ1n) is 8.01. The van der Waals surface area contributed by atoms with Crippen LogP contribution < -0.4 is 10.2 Å². The van der Waals surface area contributed by atoms with Gasteiger partial charge in [0, 0.05) is 51.0 Å². The van der Waals surface area contributed by atoms with E-state index in [-0.39, 0.29) is 0 Å². The van der Waals surface area contributed by atoms with Crippen LogP contribution in [0.2, 0.25) is 0 Å². The molecule has 110 valence electrons. The van der Waals surface area contributed by atoms with Crippen molar-refractivity contribution in [3.8, 4) is 0 Å². The Bertz CT molecular complexity index is 444. The molecule has 0 spiro atoms. The highest BCUT2D eigenvalue weighted by molar-refractivity contribution is 5.50. The minimum atomic E-state index is 0.805. The number of piperazine rings is 1. The number of aryl methyl sites for hydroxylation is 2. The van der Waals surface area contributed by atoms with E-state index in [2.05, 4.69) is 47.2 Å². The number of benzene rings is 1. The molecule has 3 heteroatoms. The highest BCUT2D eigenvalue weighted by atomic mass is 15.2.